The molecule has 0 aromatic heterocycles. The lowest BCUT2D eigenvalue weighted by Crippen LogP contribution is -2.54. The van der Waals surface area contributed by atoms with Crippen LogP contribution in [0.15, 0.2) is 0 Å². The first-order valence-corrected chi connectivity index (χ1v) is 6.42. The monoisotopic (exact) mass is 255 g/mol. The van der Waals surface area contributed by atoms with E-state index in [-0.39, 0.29) is 5.41 Å². The van der Waals surface area contributed by atoms with Crippen molar-refractivity contribution < 1.29 is 19.4 Å². The molecule has 0 unspecified atom stereocenters. The molecule has 2 fully saturated rings. The number of carboxylic acids is 1. The van der Waals surface area contributed by atoms with Crippen molar-refractivity contribution >= 4 is 11.9 Å². The Morgan fingerprint density at radius 3 is 2.39 bits per heavy atom. The average Bonchev–Trinajstić information content (AvgIpc) is 2.94. The predicted molar refractivity (Wildman–Crippen MR) is 65.0 cm³/mol. The van der Waals surface area contributed by atoms with Crippen LogP contribution in [0, 0.1) is 11.3 Å². The topological polar surface area (TPSA) is 75.6 Å². The number of piperidine rings is 1. The van der Waals surface area contributed by atoms with Crippen molar-refractivity contribution in [3.8, 4) is 0 Å². The molecule has 2 aliphatic rings. The zero-order valence-electron chi connectivity index (χ0n) is 11.2. The van der Waals surface area contributed by atoms with Gasteiger partial charge in [-0.2, -0.15) is 0 Å². The number of nitrogens with one attached hydrogen (secondary N) is 1. The van der Waals surface area contributed by atoms with Crippen LogP contribution in [0.3, 0.4) is 0 Å². The number of ether oxygens (including phenoxy) is 1. The summed E-state index contributed by atoms with van der Waals surface area (Å²) in [6.07, 6.45) is 2.78. The van der Waals surface area contributed by atoms with Crippen LogP contribution >= 0.6 is 0 Å². The predicted octanol–water partition coefficient (Wildman–Crippen LogP) is 1.17. The van der Waals surface area contributed by atoms with Crippen molar-refractivity contribution in [2.45, 2.75) is 51.7 Å². The SMILES string of the molecule is CC(C)(C)OC(=O)[C@H]1CC2(CC2)CN[C@@H]1C(=O)O. The Kier molecular flexibility index (Phi) is 3.13. The normalized spacial score (nSPS) is 29.9. The highest BCUT2D eigenvalue weighted by Gasteiger charge is 2.53. The van der Waals surface area contributed by atoms with Gasteiger partial charge in [0, 0.05) is 6.54 Å². The fourth-order valence-corrected chi connectivity index (χ4v) is 2.54. The highest BCUT2D eigenvalue weighted by molar-refractivity contribution is 5.84. The fourth-order valence-electron chi connectivity index (χ4n) is 2.54. The Hall–Kier alpha value is -1.10. The van der Waals surface area contributed by atoms with E-state index < -0.39 is 29.5 Å². The third-order valence-corrected chi connectivity index (χ3v) is 3.68. The standard InChI is InChI=1S/C13H21NO4/c1-12(2,3)18-11(17)8-6-13(4-5-13)7-14-9(8)10(15)16/h8-9,14H,4-7H2,1-3H3,(H,15,16)/t8-,9-/m0/s1. The van der Waals surface area contributed by atoms with E-state index in [1.165, 1.54) is 0 Å². The lowest BCUT2D eigenvalue weighted by molar-refractivity contribution is -0.167. The molecule has 2 rings (SSSR count). The third-order valence-electron chi connectivity index (χ3n) is 3.68. The maximum atomic E-state index is 12.1. The molecule has 0 bridgehead atoms. The van der Waals surface area contributed by atoms with Gasteiger partial charge in [0.15, 0.2) is 0 Å². The molecule has 5 heteroatoms. The second-order valence-corrected chi connectivity index (χ2v) is 6.54. The van der Waals surface area contributed by atoms with Gasteiger partial charge in [-0.25, -0.2) is 0 Å². The van der Waals surface area contributed by atoms with Crippen LogP contribution in [-0.4, -0.2) is 35.2 Å². The fraction of sp³-hybridized carbons (Fsp3) is 0.846. The molecule has 0 amide bonds. The highest BCUT2D eigenvalue weighted by atomic mass is 16.6. The van der Waals surface area contributed by atoms with Crippen molar-refractivity contribution in [3.63, 3.8) is 0 Å². The minimum Gasteiger partial charge on any atom is -0.480 e. The van der Waals surface area contributed by atoms with Crippen molar-refractivity contribution in [1.82, 2.24) is 5.32 Å². The molecule has 5 nitrogen and oxygen atoms in total. The molecule has 2 atom stereocenters. The molecule has 2 N–H and O–H groups in total. The van der Waals surface area contributed by atoms with Crippen LogP contribution in [0.1, 0.15) is 40.0 Å². The summed E-state index contributed by atoms with van der Waals surface area (Å²) < 4.78 is 5.34. The van der Waals surface area contributed by atoms with Gasteiger partial charge in [-0.05, 0) is 45.4 Å². The Labute approximate surface area is 107 Å². The summed E-state index contributed by atoms with van der Waals surface area (Å²) >= 11 is 0. The lowest BCUT2D eigenvalue weighted by atomic mass is 9.82. The first-order chi connectivity index (χ1) is 8.22. The smallest absolute Gasteiger partial charge is 0.321 e. The van der Waals surface area contributed by atoms with Gasteiger partial charge in [-0.1, -0.05) is 0 Å². The number of hydrogen-bond acceptors (Lipinski definition) is 4. The number of aliphatic carboxylic acids is 1. The summed E-state index contributed by atoms with van der Waals surface area (Å²) in [5.74, 6) is -1.94. The number of carboxylic acid groups (broad SMARTS) is 1. The maximum absolute atomic E-state index is 12.1. The summed E-state index contributed by atoms with van der Waals surface area (Å²) in [7, 11) is 0. The van der Waals surface area contributed by atoms with Crippen LogP contribution in [-0.2, 0) is 14.3 Å². The Morgan fingerprint density at radius 1 is 1.33 bits per heavy atom. The first kappa shape index (κ1) is 13.3. The van der Waals surface area contributed by atoms with Gasteiger partial charge in [0.1, 0.15) is 11.6 Å². The number of carbonyl (C=O) groups is 2. The molecule has 1 aliphatic carbocycles. The first-order valence-electron chi connectivity index (χ1n) is 6.42. The number of carbonyl (C=O) groups excluding carboxylic acids is 1. The molecule has 18 heavy (non-hydrogen) atoms. The van der Waals surface area contributed by atoms with Crippen LogP contribution in [0.2, 0.25) is 0 Å². The van der Waals surface area contributed by atoms with Gasteiger partial charge in [0.25, 0.3) is 0 Å². The summed E-state index contributed by atoms with van der Waals surface area (Å²) in [6.45, 7) is 6.08. The van der Waals surface area contributed by atoms with Crippen molar-refractivity contribution in [3.05, 3.63) is 0 Å². The molecule has 0 aromatic rings. The number of rotatable bonds is 2. The Bertz CT molecular complexity index is 368. The van der Waals surface area contributed by atoms with Gasteiger partial charge in [0.05, 0.1) is 5.92 Å². The van der Waals surface area contributed by atoms with Crippen LogP contribution < -0.4 is 5.32 Å². The van der Waals surface area contributed by atoms with Crippen LogP contribution in [0.25, 0.3) is 0 Å². The summed E-state index contributed by atoms with van der Waals surface area (Å²) in [4.78, 5) is 23.3. The van der Waals surface area contributed by atoms with E-state index in [9.17, 15) is 14.7 Å². The van der Waals surface area contributed by atoms with Crippen LogP contribution in [0.4, 0.5) is 0 Å². The van der Waals surface area contributed by atoms with E-state index in [0.29, 0.717) is 13.0 Å². The van der Waals surface area contributed by atoms with Gasteiger partial charge < -0.3 is 15.2 Å². The van der Waals surface area contributed by atoms with Gasteiger partial charge in [-0.3, -0.25) is 9.59 Å². The molecule has 1 heterocycles. The van der Waals surface area contributed by atoms with Gasteiger partial charge >= 0.3 is 11.9 Å². The molecule has 0 radical (unpaired) electrons. The lowest BCUT2D eigenvalue weighted by Gasteiger charge is -2.35. The van der Waals surface area contributed by atoms with E-state index in [1.54, 1.807) is 20.8 Å². The van der Waals surface area contributed by atoms with E-state index in [2.05, 4.69) is 5.32 Å². The van der Waals surface area contributed by atoms with Gasteiger partial charge in [-0.15, -0.1) is 0 Å². The Morgan fingerprint density at radius 2 is 1.94 bits per heavy atom. The van der Waals surface area contributed by atoms with Gasteiger partial charge in [0.2, 0.25) is 0 Å². The number of hydrogen-bond donors (Lipinski definition) is 2. The van der Waals surface area contributed by atoms with E-state index in [4.69, 9.17) is 4.74 Å². The van der Waals surface area contributed by atoms with E-state index in [1.807, 2.05) is 0 Å². The van der Waals surface area contributed by atoms with E-state index >= 15 is 0 Å². The van der Waals surface area contributed by atoms with E-state index in [0.717, 1.165) is 12.8 Å². The summed E-state index contributed by atoms with van der Waals surface area (Å²) in [6, 6.07) is -0.814. The molecule has 1 spiro atoms. The molecular formula is C13H21NO4. The van der Waals surface area contributed by atoms with Crippen molar-refractivity contribution in [1.29, 1.82) is 0 Å². The Balaban J connectivity index is 2.09. The van der Waals surface area contributed by atoms with Crippen molar-refractivity contribution in [2.24, 2.45) is 11.3 Å². The molecule has 1 saturated carbocycles. The molecular weight excluding hydrogens is 234 g/mol. The zero-order valence-corrected chi connectivity index (χ0v) is 11.2. The highest BCUT2D eigenvalue weighted by Crippen LogP contribution is 2.52. The second-order valence-electron chi connectivity index (χ2n) is 6.54. The molecule has 102 valence electrons. The average molecular weight is 255 g/mol. The largest absolute Gasteiger partial charge is 0.480 e. The van der Waals surface area contributed by atoms with Crippen LogP contribution in [0.5, 0.6) is 0 Å². The molecule has 1 saturated heterocycles. The minimum atomic E-state index is -0.971. The maximum Gasteiger partial charge on any atom is 0.321 e. The zero-order chi connectivity index (χ0) is 13.6. The minimum absolute atomic E-state index is 0.146. The molecule has 1 aliphatic heterocycles. The second kappa shape index (κ2) is 4.23. The third kappa shape index (κ3) is 2.83. The number of esters is 1. The summed E-state index contributed by atoms with van der Waals surface area (Å²) in [5.41, 5.74) is -0.429. The molecule has 0 aromatic carbocycles. The quantitative estimate of drug-likeness (QED) is 0.724. The summed E-state index contributed by atoms with van der Waals surface area (Å²) in [5, 5.41) is 12.2. The van der Waals surface area contributed by atoms with Crippen molar-refractivity contribution in [2.75, 3.05) is 6.54 Å².